The van der Waals surface area contributed by atoms with Crippen LogP contribution in [-0.2, 0) is 16.0 Å². The zero-order valence-corrected chi connectivity index (χ0v) is 13.8. The first-order valence-electron chi connectivity index (χ1n) is 6.98. The molecule has 2 aromatic carbocycles. The van der Waals surface area contributed by atoms with E-state index in [0.717, 1.165) is 10.0 Å². The van der Waals surface area contributed by atoms with Crippen molar-refractivity contribution in [1.29, 1.82) is 0 Å². The Hall–Kier alpha value is -2.21. The first-order chi connectivity index (χ1) is 11.0. The predicted molar refractivity (Wildman–Crippen MR) is 87.5 cm³/mol. The molecule has 0 unspecified atom stereocenters. The van der Waals surface area contributed by atoms with E-state index in [-0.39, 0.29) is 18.3 Å². The summed E-state index contributed by atoms with van der Waals surface area (Å²) in [6.07, 6.45) is 0.576. The van der Waals surface area contributed by atoms with Crippen LogP contribution in [0.1, 0.15) is 15.9 Å². The summed E-state index contributed by atoms with van der Waals surface area (Å²) in [5.41, 5.74) is 1.30. The van der Waals surface area contributed by atoms with E-state index in [1.807, 2.05) is 0 Å². The first kappa shape index (κ1) is 17.1. The van der Waals surface area contributed by atoms with Crippen molar-refractivity contribution in [2.24, 2.45) is 0 Å². The highest BCUT2D eigenvalue weighted by molar-refractivity contribution is 9.10. The molecule has 0 aliphatic rings. The highest BCUT2D eigenvalue weighted by atomic mass is 79.9. The van der Waals surface area contributed by atoms with Crippen LogP contribution in [0.15, 0.2) is 53.0 Å². The minimum Gasteiger partial charge on any atom is -0.452 e. The Labute approximate surface area is 141 Å². The fraction of sp³-hybridized carbons (Fsp3) is 0.176. The number of benzene rings is 2. The van der Waals surface area contributed by atoms with E-state index in [4.69, 9.17) is 4.74 Å². The van der Waals surface area contributed by atoms with Crippen molar-refractivity contribution in [1.82, 2.24) is 5.32 Å². The Morgan fingerprint density at radius 1 is 1.04 bits per heavy atom. The molecule has 0 aliphatic heterocycles. The van der Waals surface area contributed by atoms with Crippen molar-refractivity contribution in [3.05, 3.63) is 69.9 Å². The van der Waals surface area contributed by atoms with Gasteiger partial charge in [0.15, 0.2) is 6.61 Å². The van der Waals surface area contributed by atoms with Gasteiger partial charge < -0.3 is 10.1 Å². The zero-order valence-electron chi connectivity index (χ0n) is 12.2. The van der Waals surface area contributed by atoms with Crippen LogP contribution >= 0.6 is 15.9 Å². The molecule has 120 valence electrons. The van der Waals surface area contributed by atoms with Gasteiger partial charge in [0, 0.05) is 11.0 Å². The van der Waals surface area contributed by atoms with Crippen LogP contribution in [0.4, 0.5) is 4.39 Å². The third-order valence-electron chi connectivity index (χ3n) is 3.06. The van der Waals surface area contributed by atoms with Crippen molar-refractivity contribution >= 4 is 27.8 Å². The van der Waals surface area contributed by atoms with Crippen molar-refractivity contribution < 1.29 is 18.7 Å². The third kappa shape index (κ3) is 5.83. The lowest BCUT2D eigenvalue weighted by Crippen LogP contribution is -2.30. The zero-order chi connectivity index (χ0) is 16.7. The minimum atomic E-state index is -0.550. The van der Waals surface area contributed by atoms with Crippen molar-refractivity contribution in [2.45, 2.75) is 6.42 Å². The molecule has 0 atom stereocenters. The van der Waals surface area contributed by atoms with E-state index in [2.05, 4.69) is 21.2 Å². The van der Waals surface area contributed by atoms with Gasteiger partial charge >= 0.3 is 5.97 Å². The highest BCUT2D eigenvalue weighted by Crippen LogP contribution is 2.11. The largest absolute Gasteiger partial charge is 0.452 e. The molecule has 0 fully saturated rings. The Morgan fingerprint density at radius 2 is 1.70 bits per heavy atom. The molecule has 0 saturated heterocycles. The molecular formula is C17H15BrFNO3. The second-order valence-corrected chi connectivity index (χ2v) is 5.73. The van der Waals surface area contributed by atoms with Crippen LogP contribution in [0, 0.1) is 5.82 Å². The smallest absolute Gasteiger partial charge is 0.338 e. The van der Waals surface area contributed by atoms with Crippen molar-refractivity contribution in [2.75, 3.05) is 13.2 Å². The molecule has 1 N–H and O–H groups in total. The number of carbonyl (C=O) groups is 2. The quantitative estimate of drug-likeness (QED) is 0.784. The normalized spacial score (nSPS) is 10.2. The molecule has 0 aromatic heterocycles. The number of ether oxygens (including phenoxy) is 1. The summed E-state index contributed by atoms with van der Waals surface area (Å²) in [6.45, 7) is 0.0542. The van der Waals surface area contributed by atoms with Crippen LogP contribution < -0.4 is 5.32 Å². The molecule has 0 radical (unpaired) electrons. The Bertz CT molecular complexity index is 671. The monoisotopic (exact) mass is 379 g/mol. The average molecular weight is 380 g/mol. The van der Waals surface area contributed by atoms with Crippen molar-refractivity contribution in [3.8, 4) is 0 Å². The molecule has 1 amide bonds. The molecular weight excluding hydrogens is 365 g/mol. The summed E-state index contributed by atoms with van der Waals surface area (Å²) in [6, 6.07) is 12.7. The van der Waals surface area contributed by atoms with Gasteiger partial charge in [-0.25, -0.2) is 9.18 Å². The molecule has 2 rings (SSSR count). The average Bonchev–Trinajstić information content (AvgIpc) is 2.55. The summed E-state index contributed by atoms with van der Waals surface area (Å²) in [4.78, 5) is 23.4. The van der Waals surface area contributed by atoms with Gasteiger partial charge in [-0.1, -0.05) is 28.1 Å². The lowest BCUT2D eigenvalue weighted by molar-refractivity contribution is -0.124. The predicted octanol–water partition coefficient (Wildman–Crippen LogP) is 3.10. The molecule has 6 heteroatoms. The van der Waals surface area contributed by atoms with Crippen LogP contribution in [0.25, 0.3) is 0 Å². The van der Waals surface area contributed by atoms with Gasteiger partial charge in [0.25, 0.3) is 5.91 Å². The van der Waals surface area contributed by atoms with Crippen LogP contribution in [0.3, 0.4) is 0 Å². The second kappa shape index (κ2) is 8.43. The number of rotatable bonds is 6. The van der Waals surface area contributed by atoms with Gasteiger partial charge in [-0.05, 0) is 48.4 Å². The molecule has 0 heterocycles. The van der Waals surface area contributed by atoms with Gasteiger partial charge in [-0.2, -0.15) is 0 Å². The summed E-state index contributed by atoms with van der Waals surface area (Å²) < 4.78 is 18.5. The number of amides is 1. The maximum absolute atomic E-state index is 12.8. The molecule has 0 aliphatic carbocycles. The molecule has 23 heavy (non-hydrogen) atoms. The molecule has 2 aromatic rings. The molecule has 0 spiro atoms. The number of carbonyl (C=O) groups excluding carboxylic acids is 2. The van der Waals surface area contributed by atoms with Crippen LogP contribution in [0.5, 0.6) is 0 Å². The van der Waals surface area contributed by atoms with Crippen LogP contribution in [-0.4, -0.2) is 25.0 Å². The second-order valence-electron chi connectivity index (χ2n) is 4.81. The van der Waals surface area contributed by atoms with Crippen molar-refractivity contribution in [3.63, 3.8) is 0 Å². The first-order valence-corrected chi connectivity index (χ1v) is 7.78. The van der Waals surface area contributed by atoms with Gasteiger partial charge in [0.1, 0.15) is 5.82 Å². The SMILES string of the molecule is O=C(COC(=O)c1ccc(Br)cc1)NCCc1ccc(F)cc1. The molecule has 0 saturated carbocycles. The van der Waals surface area contributed by atoms with Gasteiger partial charge in [0.2, 0.25) is 0 Å². The van der Waals surface area contributed by atoms with Crippen LogP contribution in [0.2, 0.25) is 0 Å². The summed E-state index contributed by atoms with van der Waals surface area (Å²) in [7, 11) is 0. The summed E-state index contributed by atoms with van der Waals surface area (Å²) >= 11 is 3.27. The topological polar surface area (TPSA) is 55.4 Å². The van der Waals surface area contributed by atoms with E-state index in [1.54, 1.807) is 36.4 Å². The Kier molecular flexibility index (Phi) is 6.29. The minimum absolute atomic E-state index is 0.294. The molecule has 4 nitrogen and oxygen atoms in total. The van der Waals surface area contributed by atoms with E-state index >= 15 is 0 Å². The van der Waals surface area contributed by atoms with Gasteiger partial charge in [0.05, 0.1) is 5.56 Å². The van der Waals surface area contributed by atoms with E-state index in [9.17, 15) is 14.0 Å². The standard InChI is InChI=1S/C17H15BrFNO3/c18-14-5-3-13(4-6-14)17(22)23-11-16(21)20-10-9-12-1-7-15(19)8-2-12/h1-8H,9-11H2,(H,20,21). The van der Waals surface area contributed by atoms with E-state index in [1.165, 1.54) is 12.1 Å². The summed E-state index contributed by atoms with van der Waals surface area (Å²) in [5.74, 6) is -1.22. The number of hydrogen-bond donors (Lipinski definition) is 1. The van der Waals surface area contributed by atoms with E-state index < -0.39 is 5.97 Å². The Morgan fingerprint density at radius 3 is 2.35 bits per heavy atom. The number of halogens is 2. The fourth-order valence-electron chi connectivity index (χ4n) is 1.85. The maximum Gasteiger partial charge on any atom is 0.338 e. The summed E-state index contributed by atoms with van der Waals surface area (Å²) in [5, 5.41) is 2.64. The Balaban J connectivity index is 1.69. The van der Waals surface area contributed by atoms with Gasteiger partial charge in [-0.3, -0.25) is 4.79 Å². The number of hydrogen-bond acceptors (Lipinski definition) is 3. The number of nitrogens with one attached hydrogen (secondary N) is 1. The van der Waals surface area contributed by atoms with E-state index in [0.29, 0.717) is 18.5 Å². The lowest BCUT2D eigenvalue weighted by atomic mass is 10.1. The lowest BCUT2D eigenvalue weighted by Gasteiger charge is -2.07. The van der Waals surface area contributed by atoms with Gasteiger partial charge in [-0.15, -0.1) is 0 Å². The highest BCUT2D eigenvalue weighted by Gasteiger charge is 2.09. The maximum atomic E-state index is 12.8. The third-order valence-corrected chi connectivity index (χ3v) is 3.59. The fourth-order valence-corrected chi connectivity index (χ4v) is 2.11. The molecule has 0 bridgehead atoms. The number of esters is 1.